The maximum Gasteiger partial charge on any atom is 0.416 e. The van der Waals surface area contributed by atoms with Crippen LogP contribution in [0.25, 0.3) is 5.57 Å². The number of hydrogen-bond donors (Lipinski definition) is 1. The molecule has 0 heterocycles. The summed E-state index contributed by atoms with van der Waals surface area (Å²) in [7, 11) is 0. The molecule has 0 aliphatic rings. The second-order valence-electron chi connectivity index (χ2n) is 7.12. The van der Waals surface area contributed by atoms with Crippen LogP contribution in [0, 0.1) is 10.5 Å². The zero-order valence-corrected chi connectivity index (χ0v) is 19.7. The number of alkyl halides is 3. The minimum Gasteiger partial charge on any atom is -0.489 e. The van der Waals surface area contributed by atoms with Gasteiger partial charge in [-0.05, 0) is 100 Å². The highest BCUT2D eigenvalue weighted by molar-refractivity contribution is 14.1. The topological polar surface area (TPSA) is 55.8 Å². The average Bonchev–Trinajstić information content (AvgIpc) is 2.76. The molecule has 172 valence electrons. The maximum atomic E-state index is 13.0. The second kappa shape index (κ2) is 10.7. The molecule has 0 aliphatic carbocycles. The zero-order chi connectivity index (χ0) is 24.0. The van der Waals surface area contributed by atoms with Crippen LogP contribution in [0.4, 0.5) is 13.2 Å². The van der Waals surface area contributed by atoms with Crippen molar-refractivity contribution in [2.45, 2.75) is 13.1 Å². The Morgan fingerprint density at radius 2 is 1.58 bits per heavy atom. The van der Waals surface area contributed by atoms with E-state index in [1.165, 1.54) is 12.1 Å². The Balaban J connectivity index is 1.81. The van der Waals surface area contributed by atoms with Gasteiger partial charge in [-0.1, -0.05) is 24.3 Å². The normalized spacial score (nSPS) is 11.8. The molecule has 33 heavy (non-hydrogen) atoms. The monoisotopic (exact) mass is 568 g/mol. The molecule has 0 fully saturated rings. The number of ether oxygens (including phenoxy) is 2. The zero-order valence-electron chi connectivity index (χ0n) is 17.5. The molecule has 0 radical (unpaired) electrons. The van der Waals surface area contributed by atoms with Gasteiger partial charge >= 0.3 is 12.1 Å². The Kier molecular flexibility index (Phi) is 8.01. The van der Waals surface area contributed by atoms with E-state index in [0.717, 1.165) is 32.4 Å². The van der Waals surface area contributed by atoms with E-state index in [-0.39, 0.29) is 6.61 Å². The molecule has 3 aromatic carbocycles. The lowest BCUT2D eigenvalue weighted by molar-refractivity contribution is -0.139. The van der Waals surface area contributed by atoms with E-state index in [1.807, 2.05) is 30.3 Å². The molecular weight excluding hydrogens is 548 g/mol. The fourth-order valence-corrected chi connectivity index (χ4v) is 3.46. The summed E-state index contributed by atoms with van der Waals surface area (Å²) < 4.78 is 50.9. The van der Waals surface area contributed by atoms with Gasteiger partial charge in [0.2, 0.25) is 0 Å². The molecule has 0 saturated heterocycles. The Bertz CT molecular complexity index is 1140. The van der Waals surface area contributed by atoms with Crippen molar-refractivity contribution < 1.29 is 32.5 Å². The Hall–Kier alpha value is -3.01. The van der Waals surface area contributed by atoms with Crippen LogP contribution in [0.1, 0.15) is 22.3 Å². The van der Waals surface area contributed by atoms with Crippen molar-refractivity contribution in [2.24, 2.45) is 0 Å². The number of hydrogen-bond acceptors (Lipinski definition) is 3. The first-order valence-corrected chi connectivity index (χ1v) is 10.9. The standard InChI is InChI=1S/C25H20F3IO4/c1-16-14-21(10-11-23(16)33-15-24(30)31)32-13-12-22(18-4-8-20(29)9-5-18)17-2-6-19(7-3-17)25(26,27)28/h2-12,14H,13,15H2,1H3,(H,30,31). The molecule has 0 spiro atoms. The molecule has 8 heteroatoms. The van der Waals surface area contributed by atoms with Gasteiger partial charge in [0.05, 0.1) is 5.56 Å². The fourth-order valence-electron chi connectivity index (χ4n) is 3.10. The van der Waals surface area contributed by atoms with Crippen molar-refractivity contribution in [3.8, 4) is 11.5 Å². The van der Waals surface area contributed by atoms with Gasteiger partial charge in [0, 0.05) is 3.57 Å². The summed E-state index contributed by atoms with van der Waals surface area (Å²) >= 11 is 2.19. The quantitative estimate of drug-likeness (QED) is 0.312. The van der Waals surface area contributed by atoms with Crippen LogP contribution >= 0.6 is 22.6 Å². The van der Waals surface area contributed by atoms with Gasteiger partial charge in [0.15, 0.2) is 6.61 Å². The number of rotatable bonds is 8. The van der Waals surface area contributed by atoms with Gasteiger partial charge in [-0.2, -0.15) is 13.2 Å². The summed E-state index contributed by atoms with van der Waals surface area (Å²) in [6.45, 7) is 1.52. The summed E-state index contributed by atoms with van der Waals surface area (Å²) in [6, 6.07) is 17.7. The average molecular weight is 568 g/mol. The summed E-state index contributed by atoms with van der Waals surface area (Å²) in [5.41, 5.74) is 2.26. The Labute approximate surface area is 202 Å². The van der Waals surface area contributed by atoms with E-state index < -0.39 is 24.3 Å². The van der Waals surface area contributed by atoms with E-state index in [9.17, 15) is 18.0 Å². The number of carboxylic acids is 1. The van der Waals surface area contributed by atoms with Gasteiger partial charge < -0.3 is 14.6 Å². The first-order chi connectivity index (χ1) is 15.6. The number of benzene rings is 3. The van der Waals surface area contributed by atoms with Gasteiger partial charge in [0.1, 0.15) is 18.1 Å². The third-order valence-electron chi connectivity index (χ3n) is 4.71. The van der Waals surface area contributed by atoms with Gasteiger partial charge in [-0.15, -0.1) is 0 Å². The molecular formula is C25H20F3IO4. The summed E-state index contributed by atoms with van der Waals surface area (Å²) in [6.07, 6.45) is -2.58. The first-order valence-electron chi connectivity index (χ1n) is 9.85. The predicted octanol–water partition coefficient (Wildman–Crippen LogP) is 6.59. The lowest BCUT2D eigenvalue weighted by Crippen LogP contribution is -2.10. The van der Waals surface area contributed by atoms with Crippen molar-refractivity contribution in [1.29, 1.82) is 0 Å². The molecule has 0 aliphatic heterocycles. The molecule has 3 aromatic rings. The molecule has 0 aromatic heterocycles. The molecule has 4 nitrogen and oxygen atoms in total. The summed E-state index contributed by atoms with van der Waals surface area (Å²) in [4.78, 5) is 10.7. The molecule has 0 atom stereocenters. The Morgan fingerprint density at radius 3 is 2.12 bits per heavy atom. The van der Waals surface area contributed by atoms with E-state index in [0.29, 0.717) is 17.1 Å². The first kappa shape index (κ1) is 24.6. The molecule has 0 unspecified atom stereocenters. The van der Waals surface area contributed by atoms with Crippen LogP contribution in [-0.4, -0.2) is 24.3 Å². The highest BCUT2D eigenvalue weighted by atomic mass is 127. The number of carboxylic acid groups (broad SMARTS) is 1. The van der Waals surface area contributed by atoms with Crippen LogP contribution in [0.2, 0.25) is 0 Å². The van der Waals surface area contributed by atoms with Crippen molar-refractivity contribution in [1.82, 2.24) is 0 Å². The molecule has 0 bridgehead atoms. The number of carbonyl (C=O) groups is 1. The predicted molar refractivity (Wildman–Crippen MR) is 127 cm³/mol. The van der Waals surface area contributed by atoms with Crippen LogP contribution in [-0.2, 0) is 11.0 Å². The van der Waals surface area contributed by atoms with Crippen LogP contribution < -0.4 is 9.47 Å². The largest absolute Gasteiger partial charge is 0.489 e. The molecule has 0 saturated carbocycles. The number of halogens is 4. The highest BCUT2D eigenvalue weighted by Crippen LogP contribution is 2.32. The smallest absolute Gasteiger partial charge is 0.416 e. The van der Waals surface area contributed by atoms with Crippen molar-refractivity contribution in [3.05, 3.63) is 98.6 Å². The van der Waals surface area contributed by atoms with Crippen molar-refractivity contribution >= 4 is 34.1 Å². The third kappa shape index (κ3) is 6.98. The minimum absolute atomic E-state index is 0.178. The summed E-state index contributed by atoms with van der Waals surface area (Å²) in [5.74, 6) is -0.0586. The van der Waals surface area contributed by atoms with Gasteiger partial charge in [-0.3, -0.25) is 0 Å². The van der Waals surface area contributed by atoms with Gasteiger partial charge in [-0.25, -0.2) is 4.79 Å². The molecule has 3 rings (SSSR count). The highest BCUT2D eigenvalue weighted by Gasteiger charge is 2.30. The lowest BCUT2D eigenvalue weighted by Gasteiger charge is -2.13. The lowest BCUT2D eigenvalue weighted by atomic mass is 9.96. The van der Waals surface area contributed by atoms with E-state index in [1.54, 1.807) is 25.1 Å². The SMILES string of the molecule is Cc1cc(OCC=C(c2ccc(I)cc2)c2ccc(C(F)(F)F)cc2)ccc1OCC(=O)O. The molecule has 1 N–H and O–H groups in total. The van der Waals surface area contributed by atoms with E-state index >= 15 is 0 Å². The van der Waals surface area contributed by atoms with Crippen LogP contribution in [0.5, 0.6) is 11.5 Å². The Morgan fingerprint density at radius 1 is 0.970 bits per heavy atom. The summed E-state index contributed by atoms with van der Waals surface area (Å²) in [5, 5.41) is 8.73. The van der Waals surface area contributed by atoms with E-state index in [2.05, 4.69) is 22.6 Å². The maximum absolute atomic E-state index is 13.0. The van der Waals surface area contributed by atoms with Crippen molar-refractivity contribution in [3.63, 3.8) is 0 Å². The minimum atomic E-state index is -4.40. The second-order valence-corrected chi connectivity index (χ2v) is 8.37. The fraction of sp³-hybridized carbons (Fsp3) is 0.160. The molecule has 0 amide bonds. The van der Waals surface area contributed by atoms with Crippen LogP contribution in [0.15, 0.2) is 72.8 Å². The number of aryl methyl sites for hydroxylation is 1. The van der Waals surface area contributed by atoms with Crippen LogP contribution in [0.3, 0.4) is 0 Å². The van der Waals surface area contributed by atoms with Crippen molar-refractivity contribution in [2.75, 3.05) is 13.2 Å². The van der Waals surface area contributed by atoms with E-state index in [4.69, 9.17) is 14.6 Å². The third-order valence-corrected chi connectivity index (χ3v) is 5.43. The van der Waals surface area contributed by atoms with Gasteiger partial charge in [0.25, 0.3) is 0 Å². The number of aliphatic carboxylic acids is 1.